The zero-order chi connectivity index (χ0) is 28.4. The number of nitrogens with zero attached hydrogens (tertiary/aromatic N) is 1. The minimum Gasteiger partial charge on any atom is -0.446 e. The van der Waals surface area contributed by atoms with Crippen molar-refractivity contribution in [3.8, 4) is 0 Å². The summed E-state index contributed by atoms with van der Waals surface area (Å²) in [4.78, 5) is 63.2. The Morgan fingerprint density at radius 2 is 1.49 bits per heavy atom. The van der Waals surface area contributed by atoms with Gasteiger partial charge in [0.15, 0.2) is 11.5 Å². The van der Waals surface area contributed by atoms with Crippen molar-refractivity contribution in [2.24, 2.45) is 16.5 Å². The first-order valence-corrected chi connectivity index (χ1v) is 11.5. The van der Waals surface area contributed by atoms with E-state index in [1.54, 1.807) is 41.5 Å². The second-order valence-electron chi connectivity index (χ2n) is 9.95. The summed E-state index contributed by atoms with van der Waals surface area (Å²) in [6.45, 7) is 10.5. The lowest BCUT2D eigenvalue weighted by Gasteiger charge is -2.19. The zero-order valence-corrected chi connectivity index (χ0v) is 21.9. The molecule has 0 saturated carbocycles. The molecule has 5 amide bonds. The molecule has 1 unspecified atom stereocenters. The third-order valence-electron chi connectivity index (χ3n) is 4.14. The Morgan fingerprint density at radius 3 is 2.03 bits per heavy atom. The number of furan rings is 1. The number of ether oxygens (including phenoxy) is 2. The minimum atomic E-state index is -1.01. The van der Waals surface area contributed by atoms with E-state index < -0.39 is 53.1 Å². The van der Waals surface area contributed by atoms with Crippen LogP contribution in [0.2, 0.25) is 0 Å². The number of unbranched alkanes of at least 4 members (excludes halogenated alkanes) is 1. The lowest BCUT2D eigenvalue weighted by molar-refractivity contribution is -0.120. The molecule has 0 aromatic carbocycles. The van der Waals surface area contributed by atoms with E-state index in [2.05, 4.69) is 20.9 Å². The van der Waals surface area contributed by atoms with Crippen LogP contribution in [0.25, 0.3) is 0 Å². The lowest BCUT2D eigenvalue weighted by Crippen LogP contribution is -2.44. The molecule has 0 radical (unpaired) electrons. The van der Waals surface area contributed by atoms with Crippen LogP contribution in [0.5, 0.6) is 0 Å². The molecule has 37 heavy (non-hydrogen) atoms. The van der Waals surface area contributed by atoms with Crippen molar-refractivity contribution in [1.82, 2.24) is 16.0 Å². The summed E-state index contributed by atoms with van der Waals surface area (Å²) in [5.41, 5.74) is 9.49. The van der Waals surface area contributed by atoms with Crippen molar-refractivity contribution in [3.63, 3.8) is 0 Å². The van der Waals surface area contributed by atoms with Crippen molar-refractivity contribution in [2.45, 2.75) is 78.0 Å². The van der Waals surface area contributed by atoms with Gasteiger partial charge in [-0.2, -0.15) is 0 Å². The Hall–Kier alpha value is -4.10. The molecule has 0 saturated heterocycles. The maximum absolute atomic E-state index is 12.5. The molecular weight excluding hydrogens is 488 g/mol. The number of alkyl carbamates (subject to hydrolysis) is 1. The standard InChI is InChI=1S/C23H36N6O8/c1-22(2,3)36-20(33)26-12-8-7-9-13(16(24)30)27-17(31)14-10-11-15(35-14)18(32)28-19(25)29-21(34)37-23(4,5)6/h10-11,13H,7-9,12H2,1-6H3,(H2,24,30)(H,26,33)(H,27,31)(H3,25,28,29,32,34). The molecule has 0 fully saturated rings. The number of carbonyl (C=O) groups is 5. The molecule has 1 aromatic rings. The molecule has 7 N–H and O–H groups in total. The fourth-order valence-corrected chi connectivity index (χ4v) is 2.66. The van der Waals surface area contributed by atoms with E-state index in [0.29, 0.717) is 19.4 Å². The van der Waals surface area contributed by atoms with Gasteiger partial charge in [-0.3, -0.25) is 19.7 Å². The third-order valence-corrected chi connectivity index (χ3v) is 4.14. The summed E-state index contributed by atoms with van der Waals surface area (Å²) in [5, 5.41) is 7.17. The smallest absolute Gasteiger partial charge is 0.437 e. The molecule has 0 bridgehead atoms. The van der Waals surface area contributed by atoms with Gasteiger partial charge >= 0.3 is 12.2 Å². The van der Waals surface area contributed by atoms with Gasteiger partial charge < -0.3 is 36.0 Å². The molecule has 14 heteroatoms. The van der Waals surface area contributed by atoms with Crippen LogP contribution < -0.4 is 27.4 Å². The van der Waals surface area contributed by atoms with Crippen LogP contribution in [0, 0.1) is 0 Å². The Kier molecular flexibility index (Phi) is 11.1. The van der Waals surface area contributed by atoms with Crippen molar-refractivity contribution in [3.05, 3.63) is 23.7 Å². The summed E-state index contributed by atoms with van der Waals surface area (Å²) in [5.74, 6) is -3.49. The fraction of sp³-hybridized carbons (Fsp3) is 0.565. The van der Waals surface area contributed by atoms with E-state index in [4.69, 9.17) is 25.4 Å². The normalized spacial score (nSPS) is 12.8. The number of hydrogen-bond acceptors (Lipinski definition) is 8. The summed E-state index contributed by atoms with van der Waals surface area (Å²) in [6.07, 6.45) is -0.365. The van der Waals surface area contributed by atoms with Crippen molar-refractivity contribution < 1.29 is 37.9 Å². The predicted molar refractivity (Wildman–Crippen MR) is 133 cm³/mol. The van der Waals surface area contributed by atoms with Crippen LogP contribution in [0.3, 0.4) is 0 Å². The monoisotopic (exact) mass is 524 g/mol. The summed E-state index contributed by atoms with van der Waals surface area (Å²) >= 11 is 0. The Bertz CT molecular complexity index is 1020. The van der Waals surface area contributed by atoms with Gasteiger partial charge in [0.05, 0.1) is 0 Å². The van der Waals surface area contributed by atoms with Crippen LogP contribution in [-0.2, 0) is 14.3 Å². The minimum absolute atomic E-state index is 0.211. The van der Waals surface area contributed by atoms with Gasteiger partial charge in [-0.25, -0.2) is 9.59 Å². The van der Waals surface area contributed by atoms with Gasteiger partial charge in [-0.15, -0.1) is 4.99 Å². The van der Waals surface area contributed by atoms with Crippen molar-refractivity contribution in [1.29, 1.82) is 0 Å². The highest BCUT2D eigenvalue weighted by molar-refractivity contribution is 6.06. The van der Waals surface area contributed by atoms with Gasteiger partial charge in [0.1, 0.15) is 17.2 Å². The second-order valence-corrected chi connectivity index (χ2v) is 9.95. The molecule has 0 aliphatic carbocycles. The fourth-order valence-electron chi connectivity index (χ4n) is 2.66. The second kappa shape index (κ2) is 13.3. The molecule has 0 aliphatic heterocycles. The summed E-state index contributed by atoms with van der Waals surface area (Å²) < 4.78 is 15.3. The number of hydrogen-bond donors (Lipinski definition) is 5. The number of aliphatic imine (C=N–C) groups is 1. The van der Waals surface area contributed by atoms with Gasteiger partial charge in [0.2, 0.25) is 11.9 Å². The SMILES string of the molecule is CC(C)(C)OC(=O)N=C(N)NC(=O)c1ccc(C(=O)NC(CCCCNC(=O)OC(C)(C)C)C(N)=O)o1. The summed E-state index contributed by atoms with van der Waals surface area (Å²) in [6, 6.07) is 1.41. The van der Waals surface area contributed by atoms with Crippen LogP contribution in [0.15, 0.2) is 21.5 Å². The molecule has 0 aliphatic rings. The molecule has 1 atom stereocenters. The van der Waals surface area contributed by atoms with Crippen molar-refractivity contribution >= 4 is 35.9 Å². The summed E-state index contributed by atoms with van der Waals surface area (Å²) in [7, 11) is 0. The number of carbonyl (C=O) groups excluding carboxylic acids is 5. The quantitative estimate of drug-likeness (QED) is 0.179. The number of nitrogens with one attached hydrogen (secondary N) is 3. The Balaban J connectivity index is 2.59. The predicted octanol–water partition coefficient (Wildman–Crippen LogP) is 1.54. The lowest BCUT2D eigenvalue weighted by atomic mass is 10.1. The highest BCUT2D eigenvalue weighted by Gasteiger charge is 2.23. The van der Waals surface area contributed by atoms with Crippen molar-refractivity contribution in [2.75, 3.05) is 6.54 Å². The molecule has 14 nitrogen and oxygen atoms in total. The number of nitrogens with two attached hydrogens (primary N) is 2. The number of primary amides is 1. The molecule has 1 heterocycles. The highest BCUT2D eigenvalue weighted by Crippen LogP contribution is 2.11. The third kappa shape index (κ3) is 13.0. The topological polar surface area (TPSA) is 217 Å². The first-order chi connectivity index (χ1) is 17.0. The maximum atomic E-state index is 12.5. The van der Waals surface area contributed by atoms with E-state index in [9.17, 15) is 24.0 Å². The van der Waals surface area contributed by atoms with Crippen LogP contribution in [-0.4, -0.2) is 59.7 Å². The molecule has 1 rings (SSSR count). The van der Waals surface area contributed by atoms with E-state index in [0.717, 1.165) is 0 Å². The first-order valence-electron chi connectivity index (χ1n) is 11.5. The van der Waals surface area contributed by atoms with Gasteiger partial charge in [-0.1, -0.05) is 0 Å². The molecular formula is C23H36N6O8. The van der Waals surface area contributed by atoms with Crippen LogP contribution in [0.1, 0.15) is 81.9 Å². The molecule has 1 aromatic heterocycles. The van der Waals surface area contributed by atoms with E-state index in [1.165, 1.54) is 12.1 Å². The number of guanidine groups is 1. The van der Waals surface area contributed by atoms with Crippen LogP contribution in [0.4, 0.5) is 9.59 Å². The average Bonchev–Trinajstić information content (AvgIpc) is 3.20. The van der Waals surface area contributed by atoms with Gasteiger partial charge in [0.25, 0.3) is 11.8 Å². The van der Waals surface area contributed by atoms with Gasteiger partial charge in [-0.05, 0) is 72.9 Å². The number of rotatable bonds is 9. The number of amides is 5. The van der Waals surface area contributed by atoms with E-state index >= 15 is 0 Å². The largest absolute Gasteiger partial charge is 0.446 e. The zero-order valence-electron chi connectivity index (χ0n) is 21.9. The van der Waals surface area contributed by atoms with Gasteiger partial charge in [0, 0.05) is 6.54 Å². The Labute approximate surface area is 214 Å². The van der Waals surface area contributed by atoms with E-state index in [-0.39, 0.29) is 17.9 Å². The Morgan fingerprint density at radius 1 is 0.919 bits per heavy atom. The maximum Gasteiger partial charge on any atom is 0.437 e. The highest BCUT2D eigenvalue weighted by atomic mass is 16.6. The van der Waals surface area contributed by atoms with E-state index in [1.807, 2.05) is 0 Å². The molecule has 0 spiro atoms. The average molecular weight is 525 g/mol. The van der Waals surface area contributed by atoms with Crippen LogP contribution >= 0.6 is 0 Å². The molecule has 206 valence electrons. The first kappa shape index (κ1) is 30.9.